The number of nitrogens with two attached hydrogens (primary N) is 1. The zero-order valence-corrected chi connectivity index (χ0v) is 8.87. The summed E-state index contributed by atoms with van der Waals surface area (Å²) in [5.74, 6) is -0.674. The minimum absolute atomic E-state index is 0.303. The molecule has 0 aromatic carbocycles. The maximum atomic E-state index is 10.6. The number of hydrogen-bond acceptors (Lipinski definition) is 5. The quantitative estimate of drug-likeness (QED) is 0.554. The molecule has 0 saturated heterocycles. The molecule has 2 atom stereocenters. The van der Waals surface area contributed by atoms with Gasteiger partial charge >= 0.3 is 0 Å². The Morgan fingerprint density at radius 3 is 2.94 bits per heavy atom. The van der Waals surface area contributed by atoms with Crippen molar-refractivity contribution < 1.29 is 15.0 Å². The number of nitrogens with zero attached hydrogens (tertiary/aromatic N) is 2. The Morgan fingerprint density at radius 1 is 1.47 bits per heavy atom. The lowest BCUT2D eigenvalue weighted by Gasteiger charge is -2.16. The number of rotatable bonds is 4. The molecule has 0 aliphatic rings. The first-order valence-electron chi connectivity index (χ1n) is 5.01. The van der Waals surface area contributed by atoms with Crippen molar-refractivity contribution >= 4 is 16.9 Å². The molecule has 0 radical (unpaired) electrons. The fraction of sp³-hybridized carbons (Fsp3) is 0.300. The Kier molecular flexibility index (Phi) is 3.03. The number of H-pyrrole nitrogens is 1. The zero-order chi connectivity index (χ0) is 12.4. The van der Waals surface area contributed by atoms with Crippen molar-refractivity contribution in [2.45, 2.75) is 18.6 Å². The number of amides is 1. The van der Waals surface area contributed by atoms with Crippen LogP contribution in [0.3, 0.4) is 0 Å². The molecule has 0 aliphatic heterocycles. The van der Waals surface area contributed by atoms with Gasteiger partial charge in [0.15, 0.2) is 0 Å². The Morgan fingerprint density at radius 2 is 2.24 bits per heavy atom. The minimum atomic E-state index is -1.24. The summed E-state index contributed by atoms with van der Waals surface area (Å²) in [4.78, 5) is 14.7. The average molecular weight is 236 g/mol. The fourth-order valence-electron chi connectivity index (χ4n) is 1.55. The van der Waals surface area contributed by atoms with Crippen LogP contribution in [0.2, 0.25) is 0 Å². The van der Waals surface area contributed by atoms with Gasteiger partial charge in [0.25, 0.3) is 0 Å². The van der Waals surface area contributed by atoms with Crippen LogP contribution in [0.25, 0.3) is 11.0 Å². The van der Waals surface area contributed by atoms with E-state index < -0.39 is 18.1 Å². The summed E-state index contributed by atoms with van der Waals surface area (Å²) in [6.45, 7) is 0. The lowest BCUT2D eigenvalue weighted by molar-refractivity contribution is -0.121. The predicted molar refractivity (Wildman–Crippen MR) is 58.7 cm³/mol. The molecule has 5 N–H and O–H groups in total. The molecule has 2 aromatic heterocycles. The summed E-state index contributed by atoms with van der Waals surface area (Å²) in [5, 5.41) is 25.8. The molecule has 7 nitrogen and oxygen atoms in total. The highest BCUT2D eigenvalue weighted by Gasteiger charge is 2.21. The van der Waals surface area contributed by atoms with Gasteiger partial charge in [-0.25, -0.2) is 0 Å². The Hall–Kier alpha value is -1.99. The number of hydrogen-bond donors (Lipinski definition) is 4. The SMILES string of the molecule is NC(=O)CC(O)C(O)c1cnc2cn[nH]c2c1. The van der Waals surface area contributed by atoms with Gasteiger partial charge in [-0.3, -0.25) is 14.9 Å². The second kappa shape index (κ2) is 4.48. The predicted octanol–water partition coefficient (Wildman–Crippen LogP) is -0.772. The maximum absolute atomic E-state index is 10.6. The summed E-state index contributed by atoms with van der Waals surface area (Å²) >= 11 is 0. The van der Waals surface area contributed by atoms with E-state index >= 15 is 0 Å². The van der Waals surface area contributed by atoms with Crippen LogP contribution in [0.4, 0.5) is 0 Å². The van der Waals surface area contributed by atoms with Gasteiger partial charge in [-0.05, 0) is 6.07 Å². The molecule has 90 valence electrons. The van der Waals surface area contributed by atoms with Gasteiger partial charge < -0.3 is 15.9 Å². The van der Waals surface area contributed by atoms with Crippen LogP contribution >= 0.6 is 0 Å². The summed E-state index contributed by atoms with van der Waals surface area (Å²) in [6, 6.07) is 1.62. The molecule has 0 bridgehead atoms. The van der Waals surface area contributed by atoms with Crippen LogP contribution in [0.5, 0.6) is 0 Å². The molecule has 0 spiro atoms. The molecule has 2 rings (SSSR count). The number of aromatic nitrogens is 3. The highest BCUT2D eigenvalue weighted by atomic mass is 16.3. The maximum Gasteiger partial charge on any atom is 0.220 e. The molecule has 0 saturated carbocycles. The van der Waals surface area contributed by atoms with E-state index in [-0.39, 0.29) is 6.42 Å². The van der Waals surface area contributed by atoms with Crippen molar-refractivity contribution in [2.75, 3.05) is 0 Å². The molecule has 7 heteroatoms. The number of aromatic amines is 1. The largest absolute Gasteiger partial charge is 0.390 e. The van der Waals surface area contributed by atoms with Crippen LogP contribution in [0, 0.1) is 0 Å². The molecular weight excluding hydrogens is 224 g/mol. The average Bonchev–Trinajstić information content (AvgIpc) is 2.73. The van der Waals surface area contributed by atoms with E-state index in [1.807, 2.05) is 0 Å². The fourth-order valence-corrected chi connectivity index (χ4v) is 1.55. The second-order valence-corrected chi connectivity index (χ2v) is 3.75. The first kappa shape index (κ1) is 11.5. The lowest BCUT2D eigenvalue weighted by atomic mass is 10.0. The molecule has 2 aromatic rings. The minimum Gasteiger partial charge on any atom is -0.390 e. The highest BCUT2D eigenvalue weighted by Crippen LogP contribution is 2.20. The molecule has 1 amide bonds. The van der Waals surface area contributed by atoms with Crippen molar-refractivity contribution in [3.63, 3.8) is 0 Å². The first-order valence-corrected chi connectivity index (χ1v) is 5.01. The van der Waals surface area contributed by atoms with Crippen LogP contribution in [-0.4, -0.2) is 37.4 Å². The van der Waals surface area contributed by atoms with Crippen LogP contribution in [0.15, 0.2) is 18.5 Å². The van der Waals surface area contributed by atoms with E-state index in [9.17, 15) is 15.0 Å². The van der Waals surface area contributed by atoms with Crippen molar-refractivity contribution in [2.24, 2.45) is 5.73 Å². The molecule has 17 heavy (non-hydrogen) atoms. The summed E-state index contributed by atoms with van der Waals surface area (Å²) < 4.78 is 0. The standard InChI is InChI=1S/C10H12N4O3/c11-9(16)2-8(15)10(17)5-1-6-7(12-3-5)4-13-14-6/h1,3-4,8,10,15,17H,2H2,(H2,11,16)(H,13,14). The number of fused-ring (bicyclic) bond motifs is 1. The normalized spacial score (nSPS) is 14.7. The van der Waals surface area contributed by atoms with Gasteiger partial charge in [-0.1, -0.05) is 0 Å². The monoisotopic (exact) mass is 236 g/mol. The van der Waals surface area contributed by atoms with Crippen LogP contribution in [0.1, 0.15) is 18.1 Å². The molecular formula is C10H12N4O3. The third-order valence-corrected chi connectivity index (χ3v) is 2.43. The molecule has 2 unspecified atom stereocenters. The summed E-state index contributed by atoms with van der Waals surface area (Å²) in [7, 11) is 0. The number of carbonyl (C=O) groups excluding carboxylic acids is 1. The number of nitrogens with one attached hydrogen (secondary N) is 1. The van der Waals surface area contributed by atoms with Crippen molar-refractivity contribution in [1.29, 1.82) is 0 Å². The smallest absolute Gasteiger partial charge is 0.220 e. The number of carbonyl (C=O) groups is 1. The second-order valence-electron chi connectivity index (χ2n) is 3.75. The van der Waals surface area contributed by atoms with Crippen LogP contribution < -0.4 is 5.73 Å². The molecule has 2 heterocycles. The number of aliphatic hydroxyl groups is 2. The Balaban J connectivity index is 2.23. The van der Waals surface area contributed by atoms with Crippen LogP contribution in [-0.2, 0) is 4.79 Å². The first-order chi connectivity index (χ1) is 8.08. The lowest BCUT2D eigenvalue weighted by Crippen LogP contribution is -2.25. The van der Waals surface area contributed by atoms with Crippen molar-refractivity contribution in [1.82, 2.24) is 15.2 Å². The van der Waals surface area contributed by atoms with E-state index in [4.69, 9.17) is 5.73 Å². The third kappa shape index (κ3) is 2.40. The Labute approximate surface area is 96.3 Å². The number of primary amides is 1. The van der Waals surface area contributed by atoms with Gasteiger partial charge in [0, 0.05) is 11.8 Å². The van der Waals surface area contributed by atoms with E-state index in [1.165, 1.54) is 6.20 Å². The van der Waals surface area contributed by atoms with Gasteiger partial charge in [0.2, 0.25) is 5.91 Å². The topological polar surface area (TPSA) is 125 Å². The summed E-state index contributed by atoms with van der Waals surface area (Å²) in [6.07, 6.45) is 0.220. The van der Waals surface area contributed by atoms with Crippen molar-refractivity contribution in [3.8, 4) is 0 Å². The van der Waals surface area contributed by atoms with Gasteiger partial charge in [0.1, 0.15) is 11.6 Å². The van der Waals surface area contributed by atoms with Gasteiger partial charge in [-0.2, -0.15) is 5.10 Å². The van der Waals surface area contributed by atoms with E-state index in [1.54, 1.807) is 12.3 Å². The van der Waals surface area contributed by atoms with Crippen molar-refractivity contribution in [3.05, 3.63) is 24.0 Å². The van der Waals surface area contributed by atoms with Gasteiger partial charge in [0.05, 0.1) is 24.2 Å². The van der Waals surface area contributed by atoms with E-state index in [0.717, 1.165) is 0 Å². The molecule has 0 aliphatic carbocycles. The molecule has 0 fully saturated rings. The highest BCUT2D eigenvalue weighted by molar-refractivity contribution is 5.75. The van der Waals surface area contributed by atoms with E-state index in [0.29, 0.717) is 16.6 Å². The van der Waals surface area contributed by atoms with E-state index in [2.05, 4.69) is 15.2 Å². The third-order valence-electron chi connectivity index (χ3n) is 2.43. The van der Waals surface area contributed by atoms with Gasteiger partial charge in [-0.15, -0.1) is 0 Å². The Bertz CT molecular complexity index is 539. The number of aliphatic hydroxyl groups excluding tert-OH is 2. The summed E-state index contributed by atoms with van der Waals surface area (Å²) in [5.41, 5.74) is 6.64. The zero-order valence-electron chi connectivity index (χ0n) is 8.87. The number of pyridine rings is 1.